The van der Waals surface area contributed by atoms with Crippen LogP contribution in [0.4, 0.5) is 15.8 Å². The zero-order chi connectivity index (χ0) is 30.2. The maximum atomic E-state index is 14.2. The first kappa shape index (κ1) is 29.8. The first-order chi connectivity index (χ1) is 20.8. The number of amides is 3. The molecule has 3 N–H and O–H groups in total. The lowest BCUT2D eigenvalue weighted by Crippen LogP contribution is -2.31. The van der Waals surface area contributed by atoms with Crippen LogP contribution in [0.15, 0.2) is 130 Å². The number of hydrogen-bond acceptors (Lipinski definition) is 4. The molecule has 3 amide bonds. The number of nitrogens with one attached hydrogen (secondary N) is 3. The van der Waals surface area contributed by atoms with Crippen LogP contribution in [0.1, 0.15) is 15.9 Å². The van der Waals surface area contributed by atoms with E-state index in [-0.39, 0.29) is 22.9 Å². The molecule has 0 fully saturated rings. The van der Waals surface area contributed by atoms with Gasteiger partial charge in [0, 0.05) is 20.7 Å². The summed E-state index contributed by atoms with van der Waals surface area (Å²) in [5, 5.41) is 10.4. The second kappa shape index (κ2) is 14.0. The highest BCUT2D eigenvalue weighted by molar-refractivity contribution is 9.10. The molecule has 0 unspecified atom stereocenters. The molecule has 0 saturated heterocycles. The van der Waals surface area contributed by atoms with E-state index in [1.807, 2.05) is 42.5 Å². The Morgan fingerprint density at radius 2 is 1.42 bits per heavy atom. The van der Waals surface area contributed by atoms with Crippen molar-refractivity contribution in [1.29, 1.82) is 0 Å². The highest BCUT2D eigenvalue weighted by Gasteiger charge is 2.17. The van der Waals surface area contributed by atoms with Gasteiger partial charge in [0.05, 0.1) is 11.3 Å². The molecule has 0 spiro atoms. The van der Waals surface area contributed by atoms with E-state index in [0.29, 0.717) is 11.3 Å². The molecule has 5 rings (SSSR count). The van der Waals surface area contributed by atoms with Crippen LogP contribution in [0.25, 0.3) is 16.8 Å². The third-order valence-electron chi connectivity index (χ3n) is 6.31. The fourth-order valence-corrected chi connectivity index (χ4v) is 5.13. The van der Waals surface area contributed by atoms with Gasteiger partial charge in [-0.3, -0.25) is 14.4 Å². The summed E-state index contributed by atoms with van der Waals surface area (Å²) >= 11 is 4.74. The summed E-state index contributed by atoms with van der Waals surface area (Å²) in [7, 11) is 0. The van der Waals surface area contributed by atoms with Crippen molar-refractivity contribution in [3.8, 4) is 0 Å². The number of carbonyl (C=O) groups is 3. The van der Waals surface area contributed by atoms with Gasteiger partial charge < -0.3 is 16.0 Å². The molecular formula is C34H25BrFN3O3S. The number of fused-ring (bicyclic) bond motifs is 1. The van der Waals surface area contributed by atoms with E-state index in [2.05, 4.69) is 31.9 Å². The molecule has 0 heterocycles. The van der Waals surface area contributed by atoms with Crippen LogP contribution >= 0.6 is 27.7 Å². The molecule has 5 aromatic rings. The van der Waals surface area contributed by atoms with Gasteiger partial charge in [0.2, 0.25) is 5.91 Å². The molecule has 43 heavy (non-hydrogen) atoms. The molecule has 0 aliphatic carbocycles. The van der Waals surface area contributed by atoms with E-state index in [0.717, 1.165) is 25.8 Å². The highest BCUT2D eigenvalue weighted by Crippen LogP contribution is 2.23. The zero-order valence-corrected chi connectivity index (χ0v) is 25.0. The second-order valence-corrected chi connectivity index (χ2v) is 11.4. The average molecular weight is 655 g/mol. The summed E-state index contributed by atoms with van der Waals surface area (Å²) in [4.78, 5) is 39.4. The van der Waals surface area contributed by atoms with Crippen LogP contribution in [-0.2, 0) is 9.59 Å². The van der Waals surface area contributed by atoms with Crippen molar-refractivity contribution in [3.63, 3.8) is 0 Å². The fourth-order valence-electron chi connectivity index (χ4n) is 4.17. The minimum atomic E-state index is -0.745. The number of hydrogen-bond donors (Lipinski definition) is 3. The molecule has 0 aliphatic rings. The van der Waals surface area contributed by atoms with E-state index in [9.17, 15) is 18.8 Å². The van der Waals surface area contributed by atoms with E-state index >= 15 is 0 Å². The van der Waals surface area contributed by atoms with E-state index in [1.54, 1.807) is 54.6 Å². The zero-order valence-electron chi connectivity index (χ0n) is 22.6. The number of carbonyl (C=O) groups excluding carboxylic acids is 3. The summed E-state index contributed by atoms with van der Waals surface area (Å²) in [5.74, 6) is -1.94. The molecule has 0 aliphatic heterocycles. The Balaban J connectivity index is 1.22. The van der Waals surface area contributed by atoms with Crippen LogP contribution in [-0.4, -0.2) is 23.5 Å². The van der Waals surface area contributed by atoms with Gasteiger partial charge in [0.25, 0.3) is 11.8 Å². The van der Waals surface area contributed by atoms with Crippen molar-refractivity contribution in [2.24, 2.45) is 0 Å². The summed E-state index contributed by atoms with van der Waals surface area (Å²) in [6.45, 7) is 0. The van der Waals surface area contributed by atoms with Crippen molar-refractivity contribution in [1.82, 2.24) is 5.32 Å². The van der Waals surface area contributed by atoms with Gasteiger partial charge >= 0.3 is 0 Å². The SMILES string of the molecule is O=C(CSc1ccc(NC(=O)/C(=C/c2ccc(Br)cc2)NC(=O)c2ccccc2F)cc1)Nc1ccc2ccccc2c1. The van der Waals surface area contributed by atoms with Gasteiger partial charge in [0.15, 0.2) is 0 Å². The van der Waals surface area contributed by atoms with Crippen LogP contribution < -0.4 is 16.0 Å². The summed E-state index contributed by atoms with van der Waals surface area (Å²) in [5.41, 5.74) is 1.64. The normalized spacial score (nSPS) is 11.2. The Bertz CT molecular complexity index is 1830. The van der Waals surface area contributed by atoms with Gasteiger partial charge in [0.1, 0.15) is 11.5 Å². The van der Waals surface area contributed by atoms with Gasteiger partial charge in [-0.25, -0.2) is 4.39 Å². The first-order valence-corrected chi connectivity index (χ1v) is 15.0. The minimum absolute atomic E-state index is 0.0561. The molecular weight excluding hydrogens is 629 g/mol. The maximum Gasteiger partial charge on any atom is 0.272 e. The Hall–Kier alpha value is -4.73. The average Bonchev–Trinajstić information content (AvgIpc) is 3.01. The van der Waals surface area contributed by atoms with Gasteiger partial charge in [-0.05, 0) is 83.1 Å². The van der Waals surface area contributed by atoms with E-state index in [1.165, 1.54) is 36.0 Å². The lowest BCUT2D eigenvalue weighted by Gasteiger charge is -2.12. The molecule has 0 atom stereocenters. The smallest absolute Gasteiger partial charge is 0.272 e. The van der Waals surface area contributed by atoms with E-state index < -0.39 is 17.6 Å². The quantitative estimate of drug-likeness (QED) is 0.112. The third-order valence-corrected chi connectivity index (χ3v) is 7.85. The van der Waals surface area contributed by atoms with E-state index in [4.69, 9.17) is 0 Å². The summed E-state index contributed by atoms with van der Waals surface area (Å²) in [6.07, 6.45) is 1.51. The number of anilines is 2. The lowest BCUT2D eigenvalue weighted by atomic mass is 10.1. The fraction of sp³-hybridized carbons (Fsp3) is 0.0294. The van der Waals surface area contributed by atoms with Crippen LogP contribution in [0, 0.1) is 5.82 Å². The Kier molecular flexibility index (Phi) is 9.66. The van der Waals surface area contributed by atoms with Crippen molar-refractivity contribution in [3.05, 3.63) is 142 Å². The van der Waals surface area contributed by atoms with Crippen LogP contribution in [0.2, 0.25) is 0 Å². The molecule has 0 bridgehead atoms. The topological polar surface area (TPSA) is 87.3 Å². The molecule has 5 aromatic carbocycles. The predicted molar refractivity (Wildman–Crippen MR) is 174 cm³/mol. The molecule has 0 radical (unpaired) electrons. The molecule has 214 valence electrons. The number of halogens is 2. The summed E-state index contributed by atoms with van der Waals surface area (Å²) in [6, 6.07) is 33.4. The number of thioether (sulfide) groups is 1. The van der Waals surface area contributed by atoms with Crippen molar-refractivity contribution in [2.45, 2.75) is 4.90 Å². The largest absolute Gasteiger partial charge is 0.325 e. The maximum absolute atomic E-state index is 14.2. The second-order valence-electron chi connectivity index (χ2n) is 9.42. The molecule has 9 heteroatoms. The Labute approximate surface area is 260 Å². The first-order valence-electron chi connectivity index (χ1n) is 13.2. The van der Waals surface area contributed by atoms with Crippen molar-refractivity contribution in [2.75, 3.05) is 16.4 Å². The number of benzene rings is 5. The number of rotatable bonds is 9. The van der Waals surface area contributed by atoms with Crippen molar-refractivity contribution >= 4 is 73.6 Å². The summed E-state index contributed by atoms with van der Waals surface area (Å²) < 4.78 is 15.1. The predicted octanol–water partition coefficient (Wildman–Crippen LogP) is 7.88. The van der Waals surface area contributed by atoms with Crippen molar-refractivity contribution < 1.29 is 18.8 Å². The molecule has 6 nitrogen and oxygen atoms in total. The Morgan fingerprint density at radius 3 is 2.16 bits per heavy atom. The van der Waals surface area contributed by atoms with Gasteiger partial charge in [-0.1, -0.05) is 70.5 Å². The molecule has 0 aromatic heterocycles. The lowest BCUT2D eigenvalue weighted by molar-refractivity contribution is -0.114. The minimum Gasteiger partial charge on any atom is -0.325 e. The van der Waals surface area contributed by atoms with Crippen LogP contribution in [0.5, 0.6) is 0 Å². The van der Waals surface area contributed by atoms with Gasteiger partial charge in [-0.2, -0.15) is 0 Å². The monoisotopic (exact) mass is 653 g/mol. The van der Waals surface area contributed by atoms with Gasteiger partial charge in [-0.15, -0.1) is 11.8 Å². The highest BCUT2D eigenvalue weighted by atomic mass is 79.9. The third kappa shape index (κ3) is 8.18. The molecule has 0 saturated carbocycles. The Morgan fingerprint density at radius 1 is 0.744 bits per heavy atom. The standard InChI is InChI=1S/C34H25BrFN3O3S/c35-25-12-9-22(10-13-25)19-31(39-33(41)29-7-3-4-8-30(29)36)34(42)38-26-15-17-28(18-16-26)43-21-32(40)37-27-14-11-23-5-1-2-6-24(23)20-27/h1-20H,21H2,(H,37,40)(H,38,42)(H,39,41)/b31-19-. The van der Waals surface area contributed by atoms with Crippen LogP contribution in [0.3, 0.4) is 0 Å².